The third-order valence-corrected chi connectivity index (χ3v) is 35.8. The van der Waals surface area contributed by atoms with Crippen molar-refractivity contribution < 1.29 is 9.47 Å². The van der Waals surface area contributed by atoms with E-state index in [1.54, 1.807) is 14.2 Å². The van der Waals surface area contributed by atoms with E-state index in [0.29, 0.717) is 10.9 Å². The van der Waals surface area contributed by atoms with Crippen molar-refractivity contribution in [2.75, 3.05) is 14.2 Å². The van der Waals surface area contributed by atoms with Gasteiger partial charge in [-0.25, -0.2) is 0 Å². The van der Waals surface area contributed by atoms with Crippen LogP contribution in [-0.2, 0) is 23.6 Å². The van der Waals surface area contributed by atoms with Crippen molar-refractivity contribution in [2.45, 2.75) is 12.8 Å². The number of benzene rings is 2. The highest BCUT2D eigenvalue weighted by molar-refractivity contribution is 9.48. The molecule has 0 unspecified atom stereocenters. The van der Waals surface area contributed by atoms with Gasteiger partial charge in [0.15, 0.2) is 0 Å². The predicted molar refractivity (Wildman–Crippen MR) is 139 cm³/mol. The summed E-state index contributed by atoms with van der Waals surface area (Å²) in [6.07, 6.45) is 2.46. The topological polar surface area (TPSA) is 44.5 Å². The summed E-state index contributed by atoms with van der Waals surface area (Å²) in [7, 11) is 3.34. The zero-order chi connectivity index (χ0) is 20.4. The quantitative estimate of drug-likeness (QED) is 0.426. The Morgan fingerprint density at radius 3 is 1.43 bits per heavy atom. The zero-order valence-corrected chi connectivity index (χ0v) is 21.3. The van der Waals surface area contributed by atoms with Crippen molar-refractivity contribution >= 4 is 82.3 Å². The summed E-state index contributed by atoms with van der Waals surface area (Å²) in [5.74, 6) is 2.32. The molecule has 0 atom stereocenters. The Kier molecular flexibility index (Phi) is 7.58. The molecule has 1 aliphatic carbocycles. The standard InChI is InChI=1S/C14H14O2P2S4.C4H7NS/c1-15-11-3-7-13(8-4-11)17(19)21-18(20,22-17)14-9-5-12(16-2)6-10-14;5-4(6)3-1-2-3/h3-10H,1-2H3;3H,1-2H2,(H2,5,6). The van der Waals surface area contributed by atoms with Gasteiger partial charge in [0, 0.05) is 16.5 Å². The average molecular weight is 506 g/mol. The van der Waals surface area contributed by atoms with E-state index >= 15 is 0 Å². The molecule has 0 spiro atoms. The van der Waals surface area contributed by atoms with Crippen molar-refractivity contribution in [3.8, 4) is 11.5 Å². The lowest BCUT2D eigenvalue weighted by Gasteiger charge is -2.40. The first kappa shape index (κ1) is 22.6. The van der Waals surface area contributed by atoms with Crippen molar-refractivity contribution in [3.05, 3.63) is 48.5 Å². The number of hydrogen-bond donors (Lipinski definition) is 1. The molecule has 1 aliphatic heterocycles. The van der Waals surface area contributed by atoms with Crippen LogP contribution in [0.2, 0.25) is 0 Å². The van der Waals surface area contributed by atoms with E-state index < -0.39 is 8.88 Å². The first-order valence-electron chi connectivity index (χ1n) is 8.51. The second kappa shape index (κ2) is 9.38. The van der Waals surface area contributed by atoms with Crippen LogP contribution >= 0.6 is 43.1 Å². The van der Waals surface area contributed by atoms with Crippen molar-refractivity contribution in [1.82, 2.24) is 0 Å². The minimum atomic E-state index is -1.66. The molecule has 28 heavy (non-hydrogen) atoms. The van der Waals surface area contributed by atoms with Gasteiger partial charge in [0.25, 0.3) is 0 Å². The van der Waals surface area contributed by atoms with Crippen LogP contribution in [0.15, 0.2) is 48.5 Å². The molecule has 3 nitrogen and oxygen atoms in total. The van der Waals surface area contributed by atoms with E-state index in [9.17, 15) is 0 Å². The number of thiocarbonyl (C=S) groups is 1. The maximum Gasteiger partial charge on any atom is 0.118 e. The molecule has 4 rings (SSSR count). The minimum Gasteiger partial charge on any atom is -0.497 e. The van der Waals surface area contributed by atoms with Crippen LogP contribution in [0.25, 0.3) is 0 Å². The molecular weight excluding hydrogens is 484 g/mol. The van der Waals surface area contributed by atoms with Gasteiger partial charge in [-0.2, -0.15) is 0 Å². The van der Waals surface area contributed by atoms with Crippen LogP contribution in [0, 0.1) is 5.92 Å². The summed E-state index contributed by atoms with van der Waals surface area (Å²) in [5, 5.41) is 2.43. The summed E-state index contributed by atoms with van der Waals surface area (Å²) in [6, 6.07) is 16.2. The SMILES string of the molecule is COc1ccc(P2(=S)SP(=S)(c3ccc(OC)cc3)S2)cc1.NC(=S)C1CC1. The normalized spacial score (nSPS) is 25.6. The molecule has 1 saturated carbocycles. The maximum atomic E-state index is 5.91. The number of rotatable bonds is 5. The Morgan fingerprint density at radius 1 is 0.857 bits per heavy atom. The number of nitrogens with two attached hydrogens (primary N) is 1. The van der Waals surface area contributed by atoms with Gasteiger partial charge in [0.1, 0.15) is 11.5 Å². The zero-order valence-electron chi connectivity index (χ0n) is 15.4. The highest BCUT2D eigenvalue weighted by atomic mass is 33.7. The van der Waals surface area contributed by atoms with E-state index in [0.717, 1.165) is 11.5 Å². The lowest BCUT2D eigenvalue weighted by atomic mass is 10.3. The van der Waals surface area contributed by atoms with Gasteiger partial charge < -0.3 is 15.2 Å². The Hall–Kier alpha value is -0.0700. The molecule has 1 saturated heterocycles. The van der Waals surface area contributed by atoms with E-state index in [1.807, 2.05) is 46.3 Å². The molecule has 0 radical (unpaired) electrons. The lowest BCUT2D eigenvalue weighted by Crippen LogP contribution is -2.09. The van der Waals surface area contributed by atoms with E-state index in [2.05, 4.69) is 36.5 Å². The van der Waals surface area contributed by atoms with Gasteiger partial charge in [-0.15, -0.1) is 0 Å². The molecule has 10 heteroatoms. The van der Waals surface area contributed by atoms with Crippen LogP contribution in [0.5, 0.6) is 11.5 Å². The molecule has 2 aliphatic rings. The van der Waals surface area contributed by atoms with Gasteiger partial charge >= 0.3 is 0 Å². The smallest absolute Gasteiger partial charge is 0.118 e. The van der Waals surface area contributed by atoms with Crippen LogP contribution in [0.1, 0.15) is 12.8 Å². The molecule has 2 fully saturated rings. The van der Waals surface area contributed by atoms with Crippen molar-refractivity contribution in [2.24, 2.45) is 11.7 Å². The summed E-state index contributed by atoms with van der Waals surface area (Å²) < 4.78 is 7.10. The van der Waals surface area contributed by atoms with Gasteiger partial charge in [0.2, 0.25) is 0 Å². The summed E-state index contributed by atoms with van der Waals surface area (Å²) in [5.41, 5.74) is 5.23. The molecule has 0 amide bonds. The Morgan fingerprint density at radius 2 is 1.21 bits per heavy atom. The third kappa shape index (κ3) is 5.34. The summed E-state index contributed by atoms with van der Waals surface area (Å²) in [4.78, 5) is 0.704. The fourth-order valence-corrected chi connectivity index (χ4v) is 44.9. The lowest BCUT2D eigenvalue weighted by molar-refractivity contribution is 0.415. The second-order valence-electron chi connectivity index (χ2n) is 6.23. The first-order valence-corrected chi connectivity index (χ1v) is 18.6. The molecule has 2 aromatic carbocycles. The Labute approximate surface area is 189 Å². The predicted octanol–water partition coefficient (Wildman–Crippen LogP) is 5.44. The average Bonchev–Trinajstić information content (AvgIpc) is 3.53. The van der Waals surface area contributed by atoms with Gasteiger partial charge in [-0.05, 0) is 61.4 Å². The maximum absolute atomic E-state index is 5.91. The second-order valence-corrected chi connectivity index (χ2v) is 28.0. The number of methoxy groups -OCH3 is 2. The Balaban J connectivity index is 0.000000320. The highest BCUT2D eigenvalue weighted by Gasteiger charge is 2.45. The van der Waals surface area contributed by atoms with E-state index in [-0.39, 0.29) is 0 Å². The van der Waals surface area contributed by atoms with Crippen LogP contribution in [0.3, 0.4) is 0 Å². The number of hydrogen-bond acceptors (Lipinski definition) is 7. The molecule has 1 heterocycles. The van der Waals surface area contributed by atoms with Gasteiger partial charge in [0.05, 0.1) is 28.1 Å². The molecule has 2 N–H and O–H groups in total. The van der Waals surface area contributed by atoms with Gasteiger partial charge in [-0.1, -0.05) is 57.8 Å². The molecular formula is C18H21NO2P2S5. The largest absolute Gasteiger partial charge is 0.497 e. The monoisotopic (exact) mass is 505 g/mol. The van der Waals surface area contributed by atoms with Crippen molar-refractivity contribution in [1.29, 1.82) is 0 Å². The fraction of sp³-hybridized carbons (Fsp3) is 0.278. The van der Waals surface area contributed by atoms with E-state index in [4.69, 9.17) is 38.8 Å². The highest BCUT2D eigenvalue weighted by Crippen LogP contribution is 3.04. The third-order valence-electron chi connectivity index (χ3n) is 4.19. The summed E-state index contributed by atoms with van der Waals surface area (Å²) >= 11 is 20.2. The minimum absolute atomic E-state index is 0.611. The van der Waals surface area contributed by atoms with Crippen molar-refractivity contribution in [3.63, 3.8) is 0 Å². The fourth-order valence-electron chi connectivity index (χ4n) is 2.38. The number of ether oxygens (including phenoxy) is 2. The molecule has 150 valence electrons. The van der Waals surface area contributed by atoms with Gasteiger partial charge in [-0.3, -0.25) is 0 Å². The van der Waals surface area contributed by atoms with E-state index in [1.165, 1.54) is 23.5 Å². The first-order chi connectivity index (χ1) is 13.3. The van der Waals surface area contributed by atoms with Crippen LogP contribution < -0.4 is 25.8 Å². The van der Waals surface area contributed by atoms with Crippen LogP contribution in [-0.4, -0.2) is 19.2 Å². The Bertz CT molecular complexity index is 866. The molecule has 0 bridgehead atoms. The summed E-state index contributed by atoms with van der Waals surface area (Å²) in [6.45, 7) is 0. The molecule has 2 aromatic rings. The molecule has 0 aromatic heterocycles. The van der Waals surface area contributed by atoms with Crippen LogP contribution in [0.4, 0.5) is 0 Å².